The molecule has 1 aromatic rings. The highest BCUT2D eigenvalue weighted by Crippen LogP contribution is 2.45. The molecule has 0 bridgehead atoms. The zero-order valence-corrected chi connectivity index (χ0v) is 13.6. The highest BCUT2D eigenvalue weighted by atomic mass is 19.4. The molecule has 3 rings (SSSR count). The molecule has 2 aliphatic heterocycles. The van der Waals surface area contributed by atoms with Gasteiger partial charge in [-0.1, -0.05) is 18.2 Å². The largest absolute Gasteiger partial charge is 0.395 e. The van der Waals surface area contributed by atoms with Gasteiger partial charge in [0.25, 0.3) is 0 Å². The number of carbonyl (C=O) groups is 1. The van der Waals surface area contributed by atoms with Gasteiger partial charge in [-0.05, 0) is 18.1 Å². The van der Waals surface area contributed by atoms with Crippen molar-refractivity contribution < 1.29 is 18.0 Å². The highest BCUT2D eigenvalue weighted by molar-refractivity contribution is 5.94. The molecule has 0 N–H and O–H groups in total. The number of benzene rings is 1. The van der Waals surface area contributed by atoms with E-state index >= 15 is 0 Å². The normalized spacial score (nSPS) is 20.7. The summed E-state index contributed by atoms with van der Waals surface area (Å²) in [5, 5.41) is 7.97. The number of anilines is 1. The predicted molar refractivity (Wildman–Crippen MR) is 87.1 cm³/mol. The predicted octanol–water partition coefficient (Wildman–Crippen LogP) is 4.42. The zero-order valence-electron chi connectivity index (χ0n) is 13.6. The summed E-state index contributed by atoms with van der Waals surface area (Å²) in [6, 6.07) is 6.25. The molecule has 1 amide bonds. The number of para-hydroxylation sites is 1. The number of rotatable bonds is 5. The number of hydrogen-bond donors (Lipinski definition) is 0. The Morgan fingerprint density at radius 3 is 2.68 bits per heavy atom. The van der Waals surface area contributed by atoms with Crippen LogP contribution in [0.25, 0.3) is 0 Å². The number of nitrogens with zero attached hydrogens (tertiary/aromatic N) is 3. The fourth-order valence-electron chi connectivity index (χ4n) is 3.27. The molecule has 7 heteroatoms. The van der Waals surface area contributed by atoms with Crippen LogP contribution in [0.4, 0.5) is 18.9 Å². The van der Waals surface area contributed by atoms with Crippen molar-refractivity contribution in [3.8, 4) is 12.3 Å². The highest BCUT2D eigenvalue weighted by Gasteiger charge is 2.45. The molecule has 0 saturated carbocycles. The third-order valence-corrected chi connectivity index (χ3v) is 4.73. The molecule has 4 nitrogen and oxygen atoms in total. The van der Waals surface area contributed by atoms with Crippen molar-refractivity contribution in [1.82, 2.24) is 0 Å². The molecule has 1 aromatic carbocycles. The molecule has 0 radical (unpaired) electrons. The van der Waals surface area contributed by atoms with E-state index in [0.29, 0.717) is 24.9 Å². The second-order valence-electron chi connectivity index (χ2n) is 6.37. The van der Waals surface area contributed by atoms with Crippen LogP contribution in [0.2, 0.25) is 0 Å². The standard InChI is InChI=1S/C18H18F3N3O/c1-2-3-10-17(22-23-17)11-8-16(25)24-12-9-14(18(19,20)21)13-6-4-5-7-15(13)24/h1,4-7,14H,3,8-12H2. The summed E-state index contributed by atoms with van der Waals surface area (Å²) in [5.41, 5.74) is -0.0490. The van der Waals surface area contributed by atoms with Gasteiger partial charge in [-0.3, -0.25) is 4.79 Å². The van der Waals surface area contributed by atoms with E-state index in [1.54, 1.807) is 18.2 Å². The lowest BCUT2D eigenvalue weighted by molar-refractivity contribution is -0.152. The van der Waals surface area contributed by atoms with Crippen LogP contribution in [0.3, 0.4) is 0 Å². The van der Waals surface area contributed by atoms with E-state index in [1.807, 2.05) is 0 Å². The Morgan fingerprint density at radius 2 is 2.04 bits per heavy atom. The fraction of sp³-hybridized carbons (Fsp3) is 0.500. The van der Waals surface area contributed by atoms with E-state index in [0.717, 1.165) is 0 Å². The van der Waals surface area contributed by atoms with E-state index < -0.39 is 17.8 Å². The first-order chi connectivity index (χ1) is 11.9. The van der Waals surface area contributed by atoms with E-state index in [-0.39, 0.29) is 30.9 Å². The van der Waals surface area contributed by atoms with Crippen LogP contribution in [-0.4, -0.2) is 24.3 Å². The third kappa shape index (κ3) is 3.68. The Balaban J connectivity index is 1.70. The molecule has 0 saturated heterocycles. The van der Waals surface area contributed by atoms with Gasteiger partial charge >= 0.3 is 6.18 Å². The van der Waals surface area contributed by atoms with Gasteiger partial charge < -0.3 is 4.90 Å². The van der Waals surface area contributed by atoms with Crippen LogP contribution in [0.5, 0.6) is 0 Å². The first-order valence-corrected chi connectivity index (χ1v) is 8.20. The number of halogens is 3. The molecule has 1 atom stereocenters. The Kier molecular flexibility index (Phi) is 4.55. The molecule has 0 aromatic heterocycles. The van der Waals surface area contributed by atoms with Gasteiger partial charge in [0.2, 0.25) is 5.91 Å². The molecule has 2 aliphatic rings. The van der Waals surface area contributed by atoms with Crippen LogP contribution >= 0.6 is 0 Å². The van der Waals surface area contributed by atoms with E-state index in [2.05, 4.69) is 16.1 Å². The number of hydrogen-bond acceptors (Lipinski definition) is 3. The van der Waals surface area contributed by atoms with E-state index in [4.69, 9.17) is 6.42 Å². The summed E-state index contributed by atoms with van der Waals surface area (Å²) in [7, 11) is 0. The van der Waals surface area contributed by atoms with Crippen molar-refractivity contribution >= 4 is 11.6 Å². The van der Waals surface area contributed by atoms with Crippen molar-refractivity contribution in [3.63, 3.8) is 0 Å². The van der Waals surface area contributed by atoms with E-state index in [1.165, 1.54) is 11.0 Å². The fourth-order valence-corrected chi connectivity index (χ4v) is 3.27. The average molecular weight is 349 g/mol. The monoisotopic (exact) mass is 349 g/mol. The van der Waals surface area contributed by atoms with Gasteiger partial charge in [-0.25, -0.2) is 0 Å². The van der Waals surface area contributed by atoms with Gasteiger partial charge in [-0.15, -0.1) is 12.3 Å². The number of terminal acetylenes is 1. The van der Waals surface area contributed by atoms with Gasteiger partial charge in [0.15, 0.2) is 5.66 Å². The van der Waals surface area contributed by atoms with Gasteiger partial charge in [0.05, 0.1) is 5.92 Å². The maximum Gasteiger partial charge on any atom is 0.395 e. The summed E-state index contributed by atoms with van der Waals surface area (Å²) >= 11 is 0. The summed E-state index contributed by atoms with van der Waals surface area (Å²) < 4.78 is 39.7. The van der Waals surface area contributed by atoms with Crippen molar-refractivity contribution in [2.24, 2.45) is 10.2 Å². The molecule has 1 unspecified atom stereocenters. The number of alkyl halides is 3. The second kappa shape index (κ2) is 6.51. The topological polar surface area (TPSA) is 45.0 Å². The quantitative estimate of drug-likeness (QED) is 0.726. The van der Waals surface area contributed by atoms with Crippen LogP contribution in [-0.2, 0) is 4.79 Å². The lowest BCUT2D eigenvalue weighted by atomic mass is 9.89. The van der Waals surface area contributed by atoms with Gasteiger partial charge in [0, 0.05) is 37.9 Å². The Bertz CT molecular complexity index is 730. The maximum absolute atomic E-state index is 13.2. The Hall–Kier alpha value is -2.36. The zero-order chi connectivity index (χ0) is 18.1. The first kappa shape index (κ1) is 17.5. The van der Waals surface area contributed by atoms with E-state index in [9.17, 15) is 18.0 Å². The molecule has 0 aliphatic carbocycles. The molecule has 25 heavy (non-hydrogen) atoms. The van der Waals surface area contributed by atoms with Crippen LogP contribution in [0.1, 0.15) is 43.6 Å². The summed E-state index contributed by atoms with van der Waals surface area (Å²) in [4.78, 5) is 14.0. The molecule has 0 spiro atoms. The van der Waals surface area contributed by atoms with Crippen LogP contribution in [0.15, 0.2) is 34.5 Å². The van der Waals surface area contributed by atoms with Crippen molar-refractivity contribution in [3.05, 3.63) is 29.8 Å². The van der Waals surface area contributed by atoms with Crippen molar-refractivity contribution in [1.29, 1.82) is 0 Å². The number of fused-ring (bicyclic) bond motifs is 1. The molecule has 0 fully saturated rings. The number of amides is 1. The van der Waals surface area contributed by atoms with Gasteiger partial charge in [0.1, 0.15) is 0 Å². The Labute approximate surface area is 144 Å². The number of carbonyl (C=O) groups excluding carboxylic acids is 1. The minimum absolute atomic E-state index is 0.0612. The minimum atomic E-state index is -4.31. The average Bonchev–Trinajstić information content (AvgIpc) is 3.36. The lowest BCUT2D eigenvalue weighted by Gasteiger charge is -2.35. The smallest absolute Gasteiger partial charge is 0.312 e. The molecule has 2 heterocycles. The van der Waals surface area contributed by atoms with Crippen molar-refractivity contribution in [2.75, 3.05) is 11.4 Å². The maximum atomic E-state index is 13.2. The SMILES string of the molecule is C#CCCC1(CCC(=O)N2CCC(C(F)(F)F)c3ccccc32)N=N1. The van der Waals surface area contributed by atoms with Crippen LogP contribution < -0.4 is 4.90 Å². The van der Waals surface area contributed by atoms with Crippen molar-refractivity contribution in [2.45, 2.75) is 49.9 Å². The summed E-state index contributed by atoms with van der Waals surface area (Å²) in [5.74, 6) is 0.797. The second-order valence-corrected chi connectivity index (χ2v) is 6.37. The van der Waals surface area contributed by atoms with Gasteiger partial charge in [-0.2, -0.15) is 23.4 Å². The lowest BCUT2D eigenvalue weighted by Crippen LogP contribution is -2.40. The van der Waals surface area contributed by atoms with Crippen LogP contribution in [0, 0.1) is 12.3 Å². The molecule has 132 valence electrons. The Morgan fingerprint density at radius 1 is 1.32 bits per heavy atom. The minimum Gasteiger partial charge on any atom is -0.312 e. The third-order valence-electron chi connectivity index (χ3n) is 4.73. The molecular formula is C18H18F3N3O. The first-order valence-electron chi connectivity index (χ1n) is 8.20. The summed E-state index contributed by atoms with van der Waals surface area (Å²) in [6.07, 6.45) is 2.56. The molecular weight excluding hydrogens is 331 g/mol. The summed E-state index contributed by atoms with van der Waals surface area (Å²) in [6.45, 7) is 0.0612.